The Morgan fingerprint density at radius 1 is 1.25 bits per heavy atom. The van der Waals surface area contributed by atoms with Crippen molar-refractivity contribution in [2.45, 2.75) is 25.4 Å². The fourth-order valence-electron chi connectivity index (χ4n) is 2.00. The molecule has 3 rings (SSSR count). The van der Waals surface area contributed by atoms with Crippen LogP contribution in [0.2, 0.25) is 0 Å². The lowest BCUT2D eigenvalue weighted by Gasteiger charge is -2.10. The molecule has 0 unspecified atom stereocenters. The molecule has 106 valence electrons. The number of ether oxygens (including phenoxy) is 2. The van der Waals surface area contributed by atoms with Crippen LogP contribution >= 0.6 is 0 Å². The predicted molar refractivity (Wildman–Crippen MR) is 72.1 cm³/mol. The Balaban J connectivity index is 1.86. The molecule has 0 saturated heterocycles. The zero-order chi connectivity index (χ0) is 13.9. The highest BCUT2D eigenvalue weighted by atomic mass is 16.5. The SMILES string of the molecule is COc1ccc(-n2nnnc2CNC2CC2)cc1OC. The van der Waals surface area contributed by atoms with E-state index in [1.54, 1.807) is 18.9 Å². The molecule has 2 aromatic rings. The number of methoxy groups -OCH3 is 2. The lowest BCUT2D eigenvalue weighted by atomic mass is 10.2. The van der Waals surface area contributed by atoms with Crippen LogP contribution in [-0.4, -0.2) is 40.5 Å². The molecule has 1 heterocycles. The van der Waals surface area contributed by atoms with Gasteiger partial charge in [-0.15, -0.1) is 5.10 Å². The monoisotopic (exact) mass is 275 g/mol. The van der Waals surface area contributed by atoms with E-state index in [0.29, 0.717) is 24.1 Å². The minimum Gasteiger partial charge on any atom is -0.493 e. The Bertz CT molecular complexity index is 594. The van der Waals surface area contributed by atoms with Gasteiger partial charge >= 0.3 is 0 Å². The first kappa shape index (κ1) is 12.9. The maximum atomic E-state index is 5.30. The Morgan fingerprint density at radius 3 is 2.75 bits per heavy atom. The average molecular weight is 275 g/mol. The average Bonchev–Trinajstić information content (AvgIpc) is 3.21. The predicted octanol–water partition coefficient (Wildman–Crippen LogP) is 0.931. The summed E-state index contributed by atoms with van der Waals surface area (Å²) in [6.07, 6.45) is 2.47. The number of tetrazole rings is 1. The molecular weight excluding hydrogens is 258 g/mol. The van der Waals surface area contributed by atoms with Gasteiger partial charge in [0, 0.05) is 12.1 Å². The molecule has 0 radical (unpaired) electrons. The van der Waals surface area contributed by atoms with Crippen molar-refractivity contribution in [2.75, 3.05) is 14.2 Å². The molecule has 1 aliphatic carbocycles. The maximum absolute atomic E-state index is 5.30. The highest BCUT2D eigenvalue weighted by Crippen LogP contribution is 2.29. The molecule has 0 bridgehead atoms. The number of hydrogen-bond donors (Lipinski definition) is 1. The third kappa shape index (κ3) is 2.57. The zero-order valence-electron chi connectivity index (χ0n) is 11.5. The third-order valence-corrected chi connectivity index (χ3v) is 3.27. The summed E-state index contributed by atoms with van der Waals surface area (Å²) in [5, 5.41) is 15.2. The third-order valence-electron chi connectivity index (χ3n) is 3.27. The quantitative estimate of drug-likeness (QED) is 0.845. The minimum atomic E-state index is 0.616. The van der Waals surface area contributed by atoms with Crippen molar-refractivity contribution in [2.24, 2.45) is 0 Å². The molecule has 1 aromatic carbocycles. The highest BCUT2D eigenvalue weighted by Gasteiger charge is 2.21. The van der Waals surface area contributed by atoms with Crippen molar-refractivity contribution in [3.8, 4) is 17.2 Å². The van der Waals surface area contributed by atoms with E-state index >= 15 is 0 Å². The smallest absolute Gasteiger partial charge is 0.170 e. The largest absolute Gasteiger partial charge is 0.493 e. The van der Waals surface area contributed by atoms with Crippen LogP contribution in [0.5, 0.6) is 11.5 Å². The molecule has 1 saturated carbocycles. The number of nitrogens with zero attached hydrogens (tertiary/aromatic N) is 4. The summed E-state index contributed by atoms with van der Waals surface area (Å²) in [6.45, 7) is 0.659. The molecule has 1 aromatic heterocycles. The van der Waals surface area contributed by atoms with Crippen LogP contribution in [0.25, 0.3) is 5.69 Å². The molecule has 0 atom stereocenters. The van der Waals surface area contributed by atoms with Crippen molar-refractivity contribution in [3.63, 3.8) is 0 Å². The normalized spacial score (nSPS) is 14.3. The van der Waals surface area contributed by atoms with Gasteiger partial charge in [0.05, 0.1) is 26.5 Å². The number of hydrogen-bond acceptors (Lipinski definition) is 6. The van der Waals surface area contributed by atoms with Crippen LogP contribution < -0.4 is 14.8 Å². The molecule has 1 fully saturated rings. The van der Waals surface area contributed by atoms with Crippen LogP contribution in [-0.2, 0) is 6.54 Å². The van der Waals surface area contributed by atoms with E-state index in [1.165, 1.54) is 12.8 Å². The van der Waals surface area contributed by atoms with Crippen molar-refractivity contribution in [1.82, 2.24) is 25.5 Å². The van der Waals surface area contributed by atoms with E-state index in [-0.39, 0.29) is 0 Å². The van der Waals surface area contributed by atoms with E-state index in [9.17, 15) is 0 Å². The van der Waals surface area contributed by atoms with E-state index in [0.717, 1.165) is 11.5 Å². The van der Waals surface area contributed by atoms with Gasteiger partial charge in [-0.05, 0) is 35.4 Å². The first-order valence-electron chi connectivity index (χ1n) is 6.55. The van der Waals surface area contributed by atoms with Crippen LogP contribution in [0.3, 0.4) is 0 Å². The number of nitrogens with one attached hydrogen (secondary N) is 1. The van der Waals surface area contributed by atoms with Crippen molar-refractivity contribution in [3.05, 3.63) is 24.0 Å². The molecule has 0 spiro atoms. The fraction of sp³-hybridized carbons (Fsp3) is 0.462. The van der Waals surface area contributed by atoms with Crippen molar-refractivity contribution < 1.29 is 9.47 Å². The topological polar surface area (TPSA) is 74.1 Å². The molecule has 1 aliphatic rings. The van der Waals surface area contributed by atoms with Crippen LogP contribution in [0.1, 0.15) is 18.7 Å². The van der Waals surface area contributed by atoms with Crippen molar-refractivity contribution in [1.29, 1.82) is 0 Å². The molecule has 0 amide bonds. The maximum Gasteiger partial charge on any atom is 0.170 e. The summed E-state index contributed by atoms with van der Waals surface area (Å²) >= 11 is 0. The summed E-state index contributed by atoms with van der Waals surface area (Å²) in [7, 11) is 3.22. The van der Waals surface area contributed by atoms with Gasteiger partial charge in [0.15, 0.2) is 17.3 Å². The molecular formula is C13H17N5O2. The number of benzene rings is 1. The second-order valence-corrected chi connectivity index (χ2v) is 4.70. The lowest BCUT2D eigenvalue weighted by molar-refractivity contribution is 0.354. The standard InChI is InChI=1S/C13H17N5O2/c1-19-11-6-5-10(7-12(11)20-2)18-13(15-16-17-18)8-14-9-3-4-9/h5-7,9,14H,3-4,8H2,1-2H3. The first-order chi connectivity index (χ1) is 9.81. The molecule has 7 heteroatoms. The van der Waals surface area contributed by atoms with Crippen molar-refractivity contribution >= 4 is 0 Å². The Kier molecular flexibility index (Phi) is 3.51. The highest BCUT2D eigenvalue weighted by molar-refractivity contribution is 5.48. The Morgan fingerprint density at radius 2 is 2.05 bits per heavy atom. The number of aromatic nitrogens is 4. The van der Waals surface area contributed by atoms with Gasteiger partial charge in [-0.3, -0.25) is 0 Å². The lowest BCUT2D eigenvalue weighted by Crippen LogP contribution is -2.18. The summed E-state index contributed by atoms with van der Waals surface area (Å²) in [4.78, 5) is 0. The van der Waals surface area contributed by atoms with Crippen LogP contribution in [0, 0.1) is 0 Å². The number of rotatable bonds is 6. The Labute approximate surface area is 116 Å². The summed E-state index contributed by atoms with van der Waals surface area (Å²) in [5.41, 5.74) is 0.847. The van der Waals surface area contributed by atoms with Crippen LogP contribution in [0.4, 0.5) is 0 Å². The Hall–Kier alpha value is -2.15. The van der Waals surface area contributed by atoms with E-state index < -0.39 is 0 Å². The van der Waals surface area contributed by atoms with Gasteiger partial charge in [-0.1, -0.05) is 0 Å². The molecule has 0 aliphatic heterocycles. The van der Waals surface area contributed by atoms with Gasteiger partial charge in [0.1, 0.15) is 0 Å². The van der Waals surface area contributed by atoms with E-state index in [4.69, 9.17) is 9.47 Å². The second-order valence-electron chi connectivity index (χ2n) is 4.70. The fourth-order valence-corrected chi connectivity index (χ4v) is 2.00. The minimum absolute atomic E-state index is 0.616. The van der Waals surface area contributed by atoms with Gasteiger partial charge in [0.2, 0.25) is 0 Å². The van der Waals surface area contributed by atoms with Gasteiger partial charge in [-0.25, -0.2) is 0 Å². The molecule has 1 N–H and O–H groups in total. The van der Waals surface area contributed by atoms with Gasteiger partial charge < -0.3 is 14.8 Å². The van der Waals surface area contributed by atoms with E-state index in [1.807, 2.05) is 18.2 Å². The first-order valence-corrected chi connectivity index (χ1v) is 6.55. The summed E-state index contributed by atoms with van der Waals surface area (Å²) in [6, 6.07) is 6.22. The summed E-state index contributed by atoms with van der Waals surface area (Å²) in [5.74, 6) is 2.12. The molecule has 7 nitrogen and oxygen atoms in total. The second kappa shape index (κ2) is 5.46. The van der Waals surface area contributed by atoms with Gasteiger partial charge in [-0.2, -0.15) is 4.68 Å². The van der Waals surface area contributed by atoms with Crippen LogP contribution in [0.15, 0.2) is 18.2 Å². The zero-order valence-corrected chi connectivity index (χ0v) is 11.5. The van der Waals surface area contributed by atoms with Gasteiger partial charge in [0.25, 0.3) is 0 Å². The van der Waals surface area contributed by atoms with E-state index in [2.05, 4.69) is 20.8 Å². The summed E-state index contributed by atoms with van der Waals surface area (Å²) < 4.78 is 12.2. The molecule has 20 heavy (non-hydrogen) atoms.